The molecule has 26 nitrogen and oxygen atoms in total. The SMILES string of the molecule is CC1[CH-][C@@H](COP(=O)([O-])OP(=O)([O-])OP(=O)([O-])OC[C@H]2O[C@@H](n3cnc4c(=O)[nH]c(N)nc43)C(O)C2O)O[C@H]1N1CN(C)C2=C1NC(N)=NC2O.[Y]. The van der Waals surface area contributed by atoms with Gasteiger partial charge in [0.05, 0.1) is 26.2 Å². The second-order valence-corrected chi connectivity index (χ2v) is 16.1. The van der Waals surface area contributed by atoms with Crippen LogP contribution in [-0.2, 0) is 73.5 Å². The quantitative estimate of drug-likeness (QED) is 0.0775. The number of aromatic amines is 1. The van der Waals surface area contributed by atoms with E-state index in [1.165, 1.54) is 0 Å². The largest absolute Gasteiger partial charge is 0.756 e. The van der Waals surface area contributed by atoms with E-state index in [9.17, 15) is 48.5 Å². The minimum absolute atomic E-state index is 0. The number of anilines is 1. The first-order valence-corrected chi connectivity index (χ1v) is 19.0. The van der Waals surface area contributed by atoms with E-state index >= 15 is 0 Å². The number of phosphoric ester groups is 2. The molecular formula is C22H31N10O16P3Y-4. The fourth-order valence-corrected chi connectivity index (χ4v) is 9.19. The van der Waals surface area contributed by atoms with Crippen LogP contribution in [0.1, 0.15) is 13.2 Å². The van der Waals surface area contributed by atoms with Gasteiger partial charge in [0.25, 0.3) is 29.0 Å². The van der Waals surface area contributed by atoms with Gasteiger partial charge in [0.2, 0.25) is 5.95 Å². The second-order valence-electron chi connectivity index (χ2n) is 11.6. The summed E-state index contributed by atoms with van der Waals surface area (Å²) in [5.74, 6) is -0.299. The van der Waals surface area contributed by atoms with Crippen molar-refractivity contribution in [1.82, 2.24) is 34.6 Å². The Morgan fingerprint density at radius 2 is 1.69 bits per heavy atom. The molecule has 0 aliphatic carbocycles. The van der Waals surface area contributed by atoms with Gasteiger partial charge in [0.15, 0.2) is 29.6 Å². The zero-order chi connectivity index (χ0) is 37.2. The number of hydrogen-bond donors (Lipinski definition) is 7. The maximum absolute atomic E-state index is 12.4. The van der Waals surface area contributed by atoms with Crippen LogP contribution in [0.5, 0.6) is 0 Å². The molecule has 1 radical (unpaired) electrons. The van der Waals surface area contributed by atoms with Crippen molar-refractivity contribution in [2.75, 3.05) is 32.7 Å². The number of aromatic nitrogens is 4. The molecule has 52 heavy (non-hydrogen) atoms. The second kappa shape index (κ2) is 15.3. The fourth-order valence-electron chi connectivity index (χ4n) is 5.81. The summed E-state index contributed by atoms with van der Waals surface area (Å²) in [5.41, 5.74) is 10.6. The number of nitrogens with two attached hydrogens (primary N) is 2. The molecule has 0 bridgehead atoms. The average Bonchev–Trinajstić information content (AvgIpc) is 3.74. The van der Waals surface area contributed by atoms with Gasteiger partial charge in [-0.05, 0) is 6.10 Å². The normalized spacial score (nSPS) is 32.5. The number of imidazole rings is 1. The van der Waals surface area contributed by atoms with E-state index in [2.05, 4.69) is 42.9 Å². The van der Waals surface area contributed by atoms with Crippen LogP contribution in [0.15, 0.2) is 27.6 Å². The number of fused-ring (bicyclic) bond motifs is 1. The summed E-state index contributed by atoms with van der Waals surface area (Å²) in [6.45, 7) is 0.0440. The van der Waals surface area contributed by atoms with E-state index in [1.54, 1.807) is 30.2 Å². The summed E-state index contributed by atoms with van der Waals surface area (Å²) in [7, 11) is -16.3. The van der Waals surface area contributed by atoms with Crippen molar-refractivity contribution >= 4 is 46.5 Å². The first-order chi connectivity index (χ1) is 23.7. The Morgan fingerprint density at radius 3 is 2.37 bits per heavy atom. The molecule has 7 unspecified atom stereocenters. The van der Waals surface area contributed by atoms with E-state index in [1.807, 2.05) is 0 Å². The summed E-state index contributed by atoms with van der Waals surface area (Å²) in [6, 6.07) is 0. The predicted octanol–water partition coefficient (Wildman–Crippen LogP) is -5.03. The number of guanidine groups is 1. The average molecular weight is 873 g/mol. The van der Waals surface area contributed by atoms with Gasteiger partial charge >= 0.3 is 0 Å². The molecule has 287 valence electrons. The Labute approximate surface area is 317 Å². The van der Waals surface area contributed by atoms with Crippen LogP contribution in [0.2, 0.25) is 0 Å². The fraction of sp³-hybridized carbons (Fsp3) is 0.591. The van der Waals surface area contributed by atoms with Gasteiger partial charge in [-0.15, -0.1) is 5.92 Å². The van der Waals surface area contributed by atoms with Gasteiger partial charge in [-0.1, -0.05) is 6.92 Å². The zero-order valence-corrected chi connectivity index (χ0v) is 32.3. The van der Waals surface area contributed by atoms with Gasteiger partial charge in [-0.2, -0.15) is 4.98 Å². The molecule has 0 amide bonds. The molecule has 0 saturated carbocycles. The number of likely N-dealkylation sites (N-methyl/N-ethyl adjacent to an activating group) is 1. The number of ether oxygens (including phenoxy) is 2. The summed E-state index contributed by atoms with van der Waals surface area (Å²) >= 11 is 0. The van der Waals surface area contributed by atoms with Crippen LogP contribution in [0, 0.1) is 12.3 Å². The number of hydrogen-bond acceptors (Lipinski definition) is 24. The van der Waals surface area contributed by atoms with Crippen LogP contribution in [0.25, 0.3) is 11.2 Å². The van der Waals surface area contributed by atoms with E-state index in [4.69, 9.17) is 20.9 Å². The van der Waals surface area contributed by atoms with Crippen LogP contribution in [0.3, 0.4) is 0 Å². The Balaban J connectivity index is 0.00000523. The third-order valence-corrected chi connectivity index (χ3v) is 12.0. The number of H-pyrrole nitrogens is 1. The Bertz CT molecular complexity index is 1950. The summed E-state index contributed by atoms with van der Waals surface area (Å²) in [4.78, 5) is 66.2. The molecule has 2 saturated heterocycles. The number of nitrogen functional groups attached to an aromatic ring is 1. The minimum atomic E-state index is -6.25. The molecule has 2 aromatic rings. The van der Waals surface area contributed by atoms with E-state index in [-0.39, 0.29) is 68.4 Å². The molecule has 9 N–H and O–H groups in total. The van der Waals surface area contributed by atoms with Crippen LogP contribution in [-0.4, -0.2) is 114 Å². The number of nitrogens with zero attached hydrogens (tertiary/aromatic N) is 6. The van der Waals surface area contributed by atoms with E-state index < -0.39 is 85.3 Å². The van der Waals surface area contributed by atoms with Crippen molar-refractivity contribution in [3.05, 3.63) is 34.6 Å². The zero-order valence-electron chi connectivity index (χ0n) is 26.8. The summed E-state index contributed by atoms with van der Waals surface area (Å²) in [5, 5.41) is 34.0. The molecule has 0 spiro atoms. The maximum Gasteiger partial charge on any atom is 0.280 e. The molecule has 2 aromatic heterocycles. The van der Waals surface area contributed by atoms with Crippen molar-refractivity contribution in [3.8, 4) is 0 Å². The number of phosphoric acid groups is 3. The first-order valence-electron chi connectivity index (χ1n) is 14.6. The number of aliphatic hydroxyl groups is 3. The Morgan fingerprint density at radius 1 is 1.04 bits per heavy atom. The van der Waals surface area contributed by atoms with E-state index in [0.29, 0.717) is 11.5 Å². The topological polar surface area (TPSA) is 383 Å². The smallest absolute Gasteiger partial charge is 0.280 e. The third-order valence-electron chi connectivity index (χ3n) is 7.90. The van der Waals surface area contributed by atoms with Crippen LogP contribution >= 0.6 is 23.5 Å². The van der Waals surface area contributed by atoms with Crippen molar-refractivity contribution in [3.63, 3.8) is 0 Å². The number of rotatable bonds is 12. The summed E-state index contributed by atoms with van der Waals surface area (Å²) < 4.78 is 66.1. The molecule has 6 rings (SSSR count). The molecule has 11 atom stereocenters. The van der Waals surface area contributed by atoms with Crippen molar-refractivity contribution < 1.29 is 104 Å². The molecule has 4 aliphatic heterocycles. The first kappa shape index (κ1) is 41.2. The van der Waals surface area contributed by atoms with Gasteiger partial charge < -0.3 is 75.1 Å². The number of nitrogens with one attached hydrogen (secondary N) is 2. The van der Waals surface area contributed by atoms with E-state index in [0.717, 1.165) is 10.9 Å². The molecule has 4 aliphatic rings. The van der Waals surface area contributed by atoms with Gasteiger partial charge in [-0.25, -0.2) is 18.6 Å². The van der Waals surface area contributed by atoms with Gasteiger partial charge in [0.1, 0.15) is 36.1 Å². The van der Waals surface area contributed by atoms with Crippen molar-refractivity contribution in [1.29, 1.82) is 0 Å². The Hall–Kier alpha value is -1.93. The van der Waals surface area contributed by atoms with Gasteiger partial charge in [-0.3, -0.25) is 34.5 Å². The van der Waals surface area contributed by atoms with Crippen LogP contribution in [0.4, 0.5) is 5.95 Å². The predicted molar refractivity (Wildman–Crippen MR) is 160 cm³/mol. The molecule has 30 heteroatoms. The minimum Gasteiger partial charge on any atom is -0.756 e. The van der Waals surface area contributed by atoms with Crippen LogP contribution < -0.4 is 37.0 Å². The monoisotopic (exact) mass is 873 g/mol. The maximum atomic E-state index is 12.4. The van der Waals surface area contributed by atoms with Crippen molar-refractivity contribution in [2.45, 2.75) is 50.0 Å². The van der Waals surface area contributed by atoms with Gasteiger partial charge in [0, 0.05) is 39.8 Å². The molecule has 6 heterocycles. The Kier molecular flexibility index (Phi) is 12.1. The third kappa shape index (κ3) is 8.63. The molecule has 2 fully saturated rings. The summed E-state index contributed by atoms with van der Waals surface area (Å²) in [6.07, 6.45) is -7.12. The van der Waals surface area contributed by atoms with Crippen molar-refractivity contribution in [2.24, 2.45) is 16.6 Å². The standard InChI is InChI=1S/C22H34N10O16P3.Y/c1-8-3-9(45-19(8)32-7-30(2)12-16(32)27-22(24)29-18(12)36)4-43-49(37,38)47-51(41,42)48-50(39,40)44-5-10-13(33)14(34)20(46-10)31-6-25-11-15(31)26-21(23)28-17(11)35;/h3,6,8-10,13-14,18-20,33-34,36H,4-5,7H2,1-2H3,(H,37,38)(H,39,40)(H,41,42)(H3,24,27,29)(H3,23,26,28,35);/q-1;/p-3/t8?,9-,10+,13?,14?,18?,19+,20+;/m0./s1. The number of aliphatic hydroxyl groups excluding tert-OH is 3. The number of aliphatic imine (C=N–C) groups is 1. The molecular weight excluding hydrogens is 842 g/mol. The molecule has 0 aromatic carbocycles.